The van der Waals surface area contributed by atoms with E-state index in [0.29, 0.717) is 10.7 Å². The number of pyridine rings is 1. The van der Waals surface area contributed by atoms with Crippen molar-refractivity contribution in [3.63, 3.8) is 0 Å². The fourth-order valence-corrected chi connectivity index (χ4v) is 1.51. The van der Waals surface area contributed by atoms with Crippen LogP contribution in [0.15, 0.2) is 23.8 Å². The predicted molar refractivity (Wildman–Crippen MR) is 57.1 cm³/mol. The molecule has 7 heteroatoms. The summed E-state index contributed by atoms with van der Waals surface area (Å²) in [6, 6.07) is 1.59. The number of aromatic nitrogens is 3. The number of hydrogen-bond acceptors (Lipinski definition) is 5. The molecule has 0 saturated carbocycles. The number of hydrogen-bond donors (Lipinski definition) is 1. The van der Waals surface area contributed by atoms with E-state index in [9.17, 15) is 4.79 Å². The Hall–Kier alpha value is -1.53. The minimum atomic E-state index is -0.348. The Balaban J connectivity index is 2.17. The monoisotopic (exact) mass is 240 g/mol. The zero-order valence-electron chi connectivity index (χ0n) is 7.35. The molecule has 0 aromatic carbocycles. The topological polar surface area (TPSA) is 67.8 Å². The predicted octanol–water partition coefficient (Wildman–Crippen LogP) is 1.84. The van der Waals surface area contributed by atoms with Gasteiger partial charge in [0.2, 0.25) is 0 Å². The molecule has 1 N–H and O–H groups in total. The first-order chi connectivity index (χ1) is 7.27. The van der Waals surface area contributed by atoms with Crippen molar-refractivity contribution in [2.24, 2.45) is 0 Å². The normalized spacial score (nSPS) is 9.93. The van der Waals surface area contributed by atoms with Gasteiger partial charge in [0.05, 0.1) is 16.9 Å². The largest absolute Gasteiger partial charge is 0.318 e. The Labute approximate surface area is 94.3 Å². The lowest BCUT2D eigenvalue weighted by Gasteiger charge is -2.03. The summed E-state index contributed by atoms with van der Waals surface area (Å²) in [4.78, 5) is 15.4. The van der Waals surface area contributed by atoms with Gasteiger partial charge in [-0.15, -0.1) is 5.10 Å². The number of carbonyl (C=O) groups excluding carboxylic acids is 1. The van der Waals surface area contributed by atoms with Crippen molar-refractivity contribution < 1.29 is 4.79 Å². The van der Waals surface area contributed by atoms with Gasteiger partial charge in [-0.05, 0) is 17.6 Å². The minimum Gasteiger partial charge on any atom is -0.318 e. The van der Waals surface area contributed by atoms with Crippen molar-refractivity contribution in [2.45, 2.75) is 0 Å². The second-order valence-corrected chi connectivity index (χ2v) is 3.62. The highest BCUT2D eigenvalue weighted by atomic mass is 35.5. The van der Waals surface area contributed by atoms with E-state index in [1.165, 1.54) is 6.20 Å². The lowest BCUT2D eigenvalue weighted by Crippen LogP contribution is -2.12. The zero-order valence-corrected chi connectivity index (χ0v) is 8.92. The smallest absolute Gasteiger partial charge is 0.277 e. The molecule has 0 bridgehead atoms. The van der Waals surface area contributed by atoms with Crippen molar-refractivity contribution in [2.75, 3.05) is 5.32 Å². The standard InChI is InChI=1S/C8H5ClN4OS/c9-5-1-2-10-3-6(5)11-8(14)7-4-15-13-12-7/h1-4H,(H,11,14). The van der Waals surface area contributed by atoms with E-state index in [1.807, 2.05) is 0 Å². The van der Waals surface area contributed by atoms with Gasteiger partial charge in [0, 0.05) is 11.6 Å². The second-order valence-electron chi connectivity index (χ2n) is 2.60. The third kappa shape index (κ3) is 2.28. The molecule has 76 valence electrons. The van der Waals surface area contributed by atoms with Crippen molar-refractivity contribution in [3.8, 4) is 0 Å². The fraction of sp³-hybridized carbons (Fsp3) is 0. The molecule has 0 saturated heterocycles. The Morgan fingerprint density at radius 3 is 3.07 bits per heavy atom. The van der Waals surface area contributed by atoms with Crippen molar-refractivity contribution >= 4 is 34.7 Å². The highest BCUT2D eigenvalue weighted by molar-refractivity contribution is 7.03. The quantitative estimate of drug-likeness (QED) is 0.870. The summed E-state index contributed by atoms with van der Waals surface area (Å²) >= 11 is 6.95. The van der Waals surface area contributed by atoms with Crippen LogP contribution in [0.4, 0.5) is 5.69 Å². The minimum absolute atomic E-state index is 0.264. The third-order valence-electron chi connectivity index (χ3n) is 1.61. The number of amides is 1. The Morgan fingerprint density at radius 1 is 1.53 bits per heavy atom. The van der Waals surface area contributed by atoms with Gasteiger partial charge < -0.3 is 5.32 Å². The van der Waals surface area contributed by atoms with Gasteiger partial charge in [0.15, 0.2) is 5.69 Å². The van der Waals surface area contributed by atoms with Crippen LogP contribution in [-0.2, 0) is 0 Å². The van der Waals surface area contributed by atoms with E-state index in [4.69, 9.17) is 11.6 Å². The van der Waals surface area contributed by atoms with Crippen molar-refractivity contribution in [3.05, 3.63) is 34.6 Å². The van der Waals surface area contributed by atoms with Crippen LogP contribution in [0.5, 0.6) is 0 Å². The number of rotatable bonds is 2. The molecule has 0 spiro atoms. The van der Waals surface area contributed by atoms with Crippen LogP contribution >= 0.6 is 23.1 Å². The average Bonchev–Trinajstić information content (AvgIpc) is 2.74. The van der Waals surface area contributed by atoms with Crippen LogP contribution < -0.4 is 5.32 Å². The summed E-state index contributed by atoms with van der Waals surface area (Å²) in [5.74, 6) is -0.348. The second kappa shape index (κ2) is 4.33. The van der Waals surface area contributed by atoms with E-state index in [-0.39, 0.29) is 11.6 Å². The van der Waals surface area contributed by atoms with Crippen LogP contribution in [0.25, 0.3) is 0 Å². The van der Waals surface area contributed by atoms with Gasteiger partial charge in [-0.25, -0.2) is 0 Å². The van der Waals surface area contributed by atoms with E-state index >= 15 is 0 Å². The van der Waals surface area contributed by atoms with Crippen LogP contribution in [0.3, 0.4) is 0 Å². The maximum atomic E-state index is 11.5. The van der Waals surface area contributed by atoms with E-state index < -0.39 is 0 Å². The number of nitrogens with zero attached hydrogens (tertiary/aromatic N) is 3. The van der Waals surface area contributed by atoms with Crippen molar-refractivity contribution in [1.82, 2.24) is 14.6 Å². The molecule has 5 nitrogen and oxygen atoms in total. The molecular formula is C8H5ClN4OS. The average molecular weight is 241 g/mol. The summed E-state index contributed by atoms with van der Waals surface area (Å²) in [6.07, 6.45) is 3.02. The van der Waals surface area contributed by atoms with Gasteiger partial charge >= 0.3 is 0 Å². The number of halogens is 1. The zero-order chi connectivity index (χ0) is 10.7. The van der Waals surface area contributed by atoms with E-state index in [0.717, 1.165) is 11.5 Å². The van der Waals surface area contributed by atoms with Gasteiger partial charge in [0.25, 0.3) is 5.91 Å². The molecule has 15 heavy (non-hydrogen) atoms. The third-order valence-corrected chi connectivity index (χ3v) is 2.44. The van der Waals surface area contributed by atoms with E-state index in [1.54, 1.807) is 17.6 Å². The van der Waals surface area contributed by atoms with Crippen LogP contribution in [0.2, 0.25) is 5.02 Å². The maximum absolute atomic E-state index is 11.5. The first kappa shape index (κ1) is 10.0. The van der Waals surface area contributed by atoms with E-state index in [2.05, 4.69) is 19.9 Å². The number of nitrogens with one attached hydrogen (secondary N) is 1. The molecule has 0 atom stereocenters. The summed E-state index contributed by atoms with van der Waals surface area (Å²) < 4.78 is 3.59. The summed E-state index contributed by atoms with van der Waals surface area (Å²) in [5.41, 5.74) is 0.720. The Kier molecular flexibility index (Phi) is 2.89. The van der Waals surface area contributed by atoms with Crippen molar-refractivity contribution in [1.29, 1.82) is 0 Å². The molecule has 2 heterocycles. The van der Waals surface area contributed by atoms with Crippen LogP contribution in [-0.4, -0.2) is 20.5 Å². The summed E-state index contributed by atoms with van der Waals surface area (Å²) in [7, 11) is 0. The first-order valence-electron chi connectivity index (χ1n) is 3.95. The van der Waals surface area contributed by atoms with Crippen LogP contribution in [0, 0.1) is 0 Å². The van der Waals surface area contributed by atoms with Gasteiger partial charge in [-0.1, -0.05) is 16.1 Å². The molecule has 0 aliphatic rings. The molecule has 2 aromatic heterocycles. The highest BCUT2D eigenvalue weighted by Gasteiger charge is 2.10. The lowest BCUT2D eigenvalue weighted by molar-refractivity contribution is 0.102. The first-order valence-corrected chi connectivity index (χ1v) is 5.17. The highest BCUT2D eigenvalue weighted by Crippen LogP contribution is 2.19. The molecule has 0 aliphatic heterocycles. The maximum Gasteiger partial charge on any atom is 0.277 e. The fourth-order valence-electron chi connectivity index (χ4n) is 0.919. The lowest BCUT2D eigenvalue weighted by atomic mass is 10.4. The Morgan fingerprint density at radius 2 is 2.40 bits per heavy atom. The molecular weight excluding hydrogens is 236 g/mol. The van der Waals surface area contributed by atoms with Gasteiger partial charge in [0.1, 0.15) is 0 Å². The molecule has 0 fully saturated rings. The summed E-state index contributed by atoms with van der Waals surface area (Å²) in [5, 5.41) is 8.21. The summed E-state index contributed by atoms with van der Waals surface area (Å²) in [6.45, 7) is 0. The number of anilines is 1. The number of carbonyl (C=O) groups is 1. The molecule has 0 radical (unpaired) electrons. The molecule has 0 unspecified atom stereocenters. The SMILES string of the molecule is O=C(Nc1cnccc1Cl)c1csnn1. The van der Waals surface area contributed by atoms with Gasteiger partial charge in [-0.2, -0.15) is 0 Å². The van der Waals surface area contributed by atoms with Crippen LogP contribution in [0.1, 0.15) is 10.5 Å². The molecule has 2 rings (SSSR count). The molecule has 1 amide bonds. The molecule has 2 aromatic rings. The molecule has 0 aliphatic carbocycles. The van der Waals surface area contributed by atoms with Gasteiger partial charge in [-0.3, -0.25) is 9.78 Å². The Bertz CT molecular complexity index is 473.